The van der Waals surface area contributed by atoms with E-state index in [0.29, 0.717) is 6.54 Å². The van der Waals surface area contributed by atoms with Gasteiger partial charge in [0.15, 0.2) is 0 Å². The molecule has 0 fully saturated rings. The summed E-state index contributed by atoms with van der Waals surface area (Å²) in [6.45, 7) is 2.47. The van der Waals surface area contributed by atoms with Gasteiger partial charge in [-0.2, -0.15) is 0 Å². The van der Waals surface area contributed by atoms with Crippen LogP contribution in [0.3, 0.4) is 0 Å². The van der Waals surface area contributed by atoms with E-state index in [4.69, 9.17) is 11.6 Å². The van der Waals surface area contributed by atoms with Crippen LogP contribution >= 0.6 is 27.5 Å². The second-order valence-electron chi connectivity index (χ2n) is 5.94. The zero-order valence-electron chi connectivity index (χ0n) is 14.4. The van der Waals surface area contributed by atoms with Crippen molar-refractivity contribution in [1.82, 2.24) is 4.90 Å². The van der Waals surface area contributed by atoms with Gasteiger partial charge in [0.1, 0.15) is 0 Å². The first-order chi connectivity index (χ1) is 12.3. The molecule has 0 heterocycles. The minimum Gasteiger partial charge on any atom is -0.323 e. The molecular formula is C18H19BrClN3O3. The average molecular weight is 441 g/mol. The summed E-state index contributed by atoms with van der Waals surface area (Å²) >= 11 is 9.43. The van der Waals surface area contributed by atoms with Crippen LogP contribution in [0.4, 0.5) is 11.4 Å². The number of nitro groups is 1. The maximum absolute atomic E-state index is 12.5. The minimum absolute atomic E-state index is 0.124. The van der Waals surface area contributed by atoms with E-state index >= 15 is 0 Å². The van der Waals surface area contributed by atoms with E-state index in [1.807, 2.05) is 36.2 Å². The number of nitro benzene ring substituents is 1. The van der Waals surface area contributed by atoms with Gasteiger partial charge in [-0.3, -0.25) is 19.8 Å². The molecule has 1 N–H and O–H groups in total. The fourth-order valence-electron chi connectivity index (χ4n) is 2.31. The van der Waals surface area contributed by atoms with Crippen molar-refractivity contribution in [3.63, 3.8) is 0 Å². The lowest BCUT2D eigenvalue weighted by Gasteiger charge is -2.24. The van der Waals surface area contributed by atoms with E-state index in [1.165, 1.54) is 23.8 Å². The highest BCUT2D eigenvalue weighted by Crippen LogP contribution is 2.27. The number of anilines is 1. The van der Waals surface area contributed by atoms with Crippen molar-refractivity contribution in [2.24, 2.45) is 0 Å². The summed E-state index contributed by atoms with van der Waals surface area (Å²) < 4.78 is 1.02. The molecule has 0 saturated carbocycles. The van der Waals surface area contributed by atoms with E-state index in [-0.39, 0.29) is 22.3 Å². The summed E-state index contributed by atoms with van der Waals surface area (Å²) in [5.74, 6) is -0.272. The Morgan fingerprint density at radius 2 is 1.96 bits per heavy atom. The molecule has 8 heteroatoms. The second kappa shape index (κ2) is 9.12. The molecular weight excluding hydrogens is 422 g/mol. The molecule has 0 saturated heterocycles. The third-order valence-corrected chi connectivity index (χ3v) is 4.98. The molecule has 0 aliphatic rings. The van der Waals surface area contributed by atoms with Crippen LogP contribution in [-0.4, -0.2) is 35.4 Å². The van der Waals surface area contributed by atoms with Gasteiger partial charge in [-0.15, -0.1) is 0 Å². The van der Waals surface area contributed by atoms with E-state index in [2.05, 4.69) is 21.2 Å². The second-order valence-corrected chi connectivity index (χ2v) is 7.27. The molecule has 0 radical (unpaired) electrons. The predicted molar refractivity (Wildman–Crippen MR) is 107 cm³/mol. The first-order valence-corrected chi connectivity index (χ1v) is 9.14. The summed E-state index contributed by atoms with van der Waals surface area (Å²) in [6, 6.07) is 11.6. The molecule has 1 unspecified atom stereocenters. The number of rotatable bonds is 7. The van der Waals surface area contributed by atoms with Gasteiger partial charge >= 0.3 is 0 Å². The van der Waals surface area contributed by atoms with Crippen LogP contribution in [0.5, 0.6) is 0 Å². The van der Waals surface area contributed by atoms with Crippen LogP contribution in [0, 0.1) is 10.1 Å². The molecule has 138 valence electrons. The van der Waals surface area contributed by atoms with Crippen molar-refractivity contribution in [2.45, 2.75) is 19.4 Å². The molecule has 0 aromatic heterocycles. The number of carbonyl (C=O) groups excluding carboxylic acids is 1. The standard InChI is InChI=1S/C18H19BrClN3O3/c1-12(22(2)10-9-13-3-5-14(19)6-4-13)18(24)21-17-11-15(23(25)26)7-8-16(17)20/h3-8,11-12H,9-10H2,1-2H3,(H,21,24). The quantitative estimate of drug-likeness (QED) is 0.507. The Kier molecular flexibility index (Phi) is 7.14. The largest absolute Gasteiger partial charge is 0.323 e. The number of carbonyl (C=O) groups is 1. The van der Waals surface area contributed by atoms with Crippen molar-refractivity contribution in [2.75, 3.05) is 18.9 Å². The summed E-state index contributed by atoms with van der Waals surface area (Å²) in [6.07, 6.45) is 0.805. The maximum Gasteiger partial charge on any atom is 0.271 e. The molecule has 1 atom stereocenters. The SMILES string of the molecule is CC(C(=O)Nc1cc([N+](=O)[O-])ccc1Cl)N(C)CCc1ccc(Br)cc1. The topological polar surface area (TPSA) is 75.5 Å². The number of halogens is 2. The Bertz CT molecular complexity index is 799. The number of hydrogen-bond acceptors (Lipinski definition) is 4. The minimum atomic E-state index is -0.528. The molecule has 6 nitrogen and oxygen atoms in total. The van der Waals surface area contributed by atoms with Crippen molar-refractivity contribution in [1.29, 1.82) is 0 Å². The first kappa shape index (κ1) is 20.4. The smallest absolute Gasteiger partial charge is 0.271 e. The molecule has 26 heavy (non-hydrogen) atoms. The average Bonchev–Trinajstić information content (AvgIpc) is 2.61. The number of nitrogens with one attached hydrogen (secondary N) is 1. The fourth-order valence-corrected chi connectivity index (χ4v) is 2.74. The zero-order valence-corrected chi connectivity index (χ0v) is 16.8. The van der Waals surface area contributed by atoms with Gasteiger partial charge in [0.2, 0.25) is 5.91 Å². The molecule has 0 bridgehead atoms. The lowest BCUT2D eigenvalue weighted by atomic mass is 10.1. The summed E-state index contributed by atoms with van der Waals surface area (Å²) in [4.78, 5) is 24.7. The molecule has 0 aliphatic heterocycles. The number of amides is 1. The highest BCUT2D eigenvalue weighted by molar-refractivity contribution is 9.10. The van der Waals surface area contributed by atoms with Gasteiger partial charge in [0, 0.05) is 23.2 Å². The van der Waals surface area contributed by atoms with E-state index in [1.54, 1.807) is 6.92 Å². The lowest BCUT2D eigenvalue weighted by Crippen LogP contribution is -2.40. The summed E-state index contributed by atoms with van der Waals surface area (Å²) in [5.41, 5.74) is 1.29. The lowest BCUT2D eigenvalue weighted by molar-refractivity contribution is -0.384. The fraction of sp³-hybridized carbons (Fsp3) is 0.278. The van der Waals surface area contributed by atoms with Gasteiger partial charge in [0.05, 0.1) is 21.7 Å². The Balaban J connectivity index is 1.96. The Labute approximate surface area is 165 Å². The van der Waals surface area contributed by atoms with Crippen LogP contribution in [0.2, 0.25) is 5.02 Å². The third-order valence-electron chi connectivity index (χ3n) is 4.13. The van der Waals surface area contributed by atoms with Gasteiger partial charge < -0.3 is 5.32 Å². The molecule has 2 rings (SSSR count). The van der Waals surface area contributed by atoms with E-state index in [0.717, 1.165) is 10.9 Å². The summed E-state index contributed by atoms with van der Waals surface area (Å²) in [5, 5.41) is 13.8. The Morgan fingerprint density at radius 1 is 1.31 bits per heavy atom. The van der Waals surface area contributed by atoms with Gasteiger partial charge in [-0.1, -0.05) is 39.7 Å². The van der Waals surface area contributed by atoms with E-state index in [9.17, 15) is 14.9 Å². The van der Waals surface area contributed by atoms with Crippen LogP contribution in [-0.2, 0) is 11.2 Å². The number of non-ortho nitro benzene ring substituents is 1. The normalized spacial score (nSPS) is 12.0. The van der Waals surface area contributed by atoms with Crippen LogP contribution in [0.15, 0.2) is 46.9 Å². The highest BCUT2D eigenvalue weighted by Gasteiger charge is 2.20. The molecule has 2 aromatic rings. The molecule has 1 amide bonds. The van der Waals surface area contributed by atoms with Crippen LogP contribution in [0.25, 0.3) is 0 Å². The first-order valence-electron chi connectivity index (χ1n) is 7.97. The van der Waals surface area contributed by atoms with Gasteiger partial charge in [-0.05, 0) is 44.2 Å². The number of likely N-dealkylation sites (N-methyl/N-ethyl adjacent to an activating group) is 1. The molecule has 2 aromatic carbocycles. The Hall–Kier alpha value is -1.96. The number of hydrogen-bond donors (Lipinski definition) is 1. The highest BCUT2D eigenvalue weighted by atomic mass is 79.9. The summed E-state index contributed by atoms with van der Waals surface area (Å²) in [7, 11) is 1.86. The van der Waals surface area contributed by atoms with Crippen molar-refractivity contribution < 1.29 is 9.72 Å². The third kappa shape index (κ3) is 5.52. The van der Waals surface area contributed by atoms with Crippen molar-refractivity contribution in [3.05, 3.63) is 67.6 Å². The van der Waals surface area contributed by atoms with Crippen LogP contribution < -0.4 is 5.32 Å². The zero-order chi connectivity index (χ0) is 19.3. The predicted octanol–water partition coefficient (Wildman–Crippen LogP) is 4.51. The van der Waals surface area contributed by atoms with Gasteiger partial charge in [0.25, 0.3) is 5.69 Å². The molecule has 0 spiro atoms. The van der Waals surface area contributed by atoms with Crippen molar-refractivity contribution >= 4 is 44.8 Å². The van der Waals surface area contributed by atoms with E-state index < -0.39 is 11.0 Å². The number of nitrogens with zero attached hydrogens (tertiary/aromatic N) is 2. The monoisotopic (exact) mass is 439 g/mol. The maximum atomic E-state index is 12.5. The Morgan fingerprint density at radius 3 is 2.58 bits per heavy atom. The molecule has 0 aliphatic carbocycles. The van der Waals surface area contributed by atoms with Crippen molar-refractivity contribution in [3.8, 4) is 0 Å². The van der Waals surface area contributed by atoms with Crippen LogP contribution in [0.1, 0.15) is 12.5 Å². The van der Waals surface area contributed by atoms with Gasteiger partial charge in [-0.25, -0.2) is 0 Å². The number of benzene rings is 2.